The summed E-state index contributed by atoms with van der Waals surface area (Å²) in [4.78, 5) is 16.5. The Hall–Kier alpha value is -2.47. The maximum Gasteiger partial charge on any atom is 0.277 e. The van der Waals surface area contributed by atoms with Gasteiger partial charge in [0.2, 0.25) is 0 Å². The maximum atomic E-state index is 12.4. The van der Waals surface area contributed by atoms with Gasteiger partial charge < -0.3 is 24.6 Å². The van der Waals surface area contributed by atoms with Crippen LogP contribution in [0.3, 0.4) is 0 Å². The van der Waals surface area contributed by atoms with Crippen LogP contribution in [0.5, 0.6) is 5.75 Å². The fourth-order valence-electron chi connectivity index (χ4n) is 2.95. The molecule has 0 radical (unpaired) electrons. The maximum absolute atomic E-state index is 12.4. The first-order chi connectivity index (χ1) is 11.6. The fourth-order valence-corrected chi connectivity index (χ4v) is 2.95. The standard InChI is InChI=1S/C18H23N3O3/c1-14(17-3-2-12-24-17)19-13-18(23)21-10-8-20(9-11-21)15-4-6-16(22)7-5-15/h2-7,12,14,19,22H,8-11,13H2,1H3/p+1/t14-/m0/s1. The van der Waals surface area contributed by atoms with E-state index in [2.05, 4.69) is 4.90 Å². The Morgan fingerprint density at radius 2 is 1.92 bits per heavy atom. The number of nitrogens with zero attached hydrogens (tertiary/aromatic N) is 2. The van der Waals surface area contributed by atoms with Crippen molar-refractivity contribution >= 4 is 11.6 Å². The van der Waals surface area contributed by atoms with Gasteiger partial charge >= 0.3 is 0 Å². The number of furan rings is 1. The lowest BCUT2D eigenvalue weighted by Crippen LogP contribution is -2.87. The first-order valence-electron chi connectivity index (χ1n) is 8.32. The highest BCUT2D eigenvalue weighted by atomic mass is 16.3. The number of rotatable bonds is 5. The Morgan fingerprint density at radius 1 is 1.21 bits per heavy atom. The zero-order valence-electron chi connectivity index (χ0n) is 13.9. The van der Waals surface area contributed by atoms with Gasteiger partial charge in [-0.1, -0.05) is 0 Å². The Morgan fingerprint density at radius 3 is 2.54 bits per heavy atom. The molecular formula is C18H24N3O3+. The molecule has 2 aromatic rings. The van der Waals surface area contributed by atoms with E-state index in [0.29, 0.717) is 6.54 Å². The number of aromatic hydroxyl groups is 1. The molecule has 2 heterocycles. The second kappa shape index (κ2) is 7.40. The average molecular weight is 330 g/mol. The summed E-state index contributed by atoms with van der Waals surface area (Å²) in [5.74, 6) is 1.33. The van der Waals surface area contributed by atoms with Gasteiger partial charge in [0, 0.05) is 31.9 Å². The van der Waals surface area contributed by atoms with Crippen LogP contribution in [0.25, 0.3) is 0 Å². The van der Waals surface area contributed by atoms with Crippen LogP contribution < -0.4 is 10.2 Å². The first-order valence-corrected chi connectivity index (χ1v) is 8.32. The Labute approximate surface area is 141 Å². The van der Waals surface area contributed by atoms with E-state index in [0.717, 1.165) is 37.6 Å². The van der Waals surface area contributed by atoms with Crippen molar-refractivity contribution in [2.45, 2.75) is 13.0 Å². The van der Waals surface area contributed by atoms with Gasteiger partial charge in [-0.25, -0.2) is 0 Å². The van der Waals surface area contributed by atoms with Crippen LogP contribution in [0, 0.1) is 0 Å². The zero-order valence-corrected chi connectivity index (χ0v) is 13.9. The summed E-state index contributed by atoms with van der Waals surface area (Å²) in [5.41, 5.74) is 1.08. The number of quaternary nitrogens is 1. The molecule has 6 nitrogen and oxygen atoms in total. The topological polar surface area (TPSA) is 73.5 Å². The van der Waals surface area contributed by atoms with Gasteiger partial charge in [-0.2, -0.15) is 0 Å². The van der Waals surface area contributed by atoms with E-state index < -0.39 is 0 Å². The lowest BCUT2D eigenvalue weighted by molar-refractivity contribution is -0.685. The fraction of sp³-hybridized carbons (Fsp3) is 0.389. The molecule has 1 aliphatic heterocycles. The Balaban J connectivity index is 1.45. The number of phenols is 1. The molecule has 0 spiro atoms. The van der Waals surface area contributed by atoms with E-state index in [9.17, 15) is 9.90 Å². The van der Waals surface area contributed by atoms with Crippen LogP contribution in [-0.4, -0.2) is 48.6 Å². The molecule has 1 aromatic carbocycles. The summed E-state index contributed by atoms with van der Waals surface area (Å²) in [5, 5.41) is 11.4. The molecule has 3 rings (SSSR count). The molecule has 1 fully saturated rings. The molecule has 3 N–H and O–H groups in total. The Kier molecular flexibility index (Phi) is 5.05. The van der Waals surface area contributed by atoms with E-state index in [4.69, 9.17) is 4.42 Å². The molecule has 0 unspecified atom stereocenters. The third kappa shape index (κ3) is 3.89. The highest BCUT2D eigenvalue weighted by Crippen LogP contribution is 2.19. The highest BCUT2D eigenvalue weighted by Gasteiger charge is 2.23. The van der Waals surface area contributed by atoms with Crippen molar-refractivity contribution in [1.82, 2.24) is 4.90 Å². The molecule has 1 aromatic heterocycles. The van der Waals surface area contributed by atoms with Gasteiger partial charge in [-0.05, 0) is 43.3 Å². The Bertz CT molecular complexity index is 647. The lowest BCUT2D eigenvalue weighted by Gasteiger charge is -2.35. The molecule has 0 bridgehead atoms. The quantitative estimate of drug-likeness (QED) is 0.856. The SMILES string of the molecule is C[C@H]([NH2+]CC(=O)N1CCN(c2ccc(O)cc2)CC1)c1ccco1. The largest absolute Gasteiger partial charge is 0.508 e. The number of carbonyl (C=O) groups is 1. The van der Waals surface area contributed by atoms with Gasteiger partial charge in [-0.15, -0.1) is 0 Å². The molecule has 0 saturated carbocycles. The van der Waals surface area contributed by atoms with Crippen molar-refractivity contribution in [2.75, 3.05) is 37.6 Å². The zero-order chi connectivity index (χ0) is 16.9. The summed E-state index contributed by atoms with van der Waals surface area (Å²) in [7, 11) is 0. The normalized spacial score (nSPS) is 16.2. The van der Waals surface area contributed by atoms with Crippen molar-refractivity contribution in [2.24, 2.45) is 0 Å². The highest BCUT2D eigenvalue weighted by molar-refractivity contribution is 5.77. The first kappa shape index (κ1) is 16.4. The number of carbonyl (C=O) groups excluding carboxylic acids is 1. The van der Waals surface area contributed by atoms with E-state index in [1.54, 1.807) is 18.4 Å². The number of phenolic OH excluding ortho intramolecular Hbond substituents is 1. The molecule has 1 atom stereocenters. The van der Waals surface area contributed by atoms with Crippen LogP contribution in [0.4, 0.5) is 5.69 Å². The number of piperazine rings is 1. The molecule has 6 heteroatoms. The summed E-state index contributed by atoms with van der Waals surface area (Å²) in [6.45, 7) is 5.54. The number of benzene rings is 1. The van der Waals surface area contributed by atoms with Gasteiger partial charge in [-0.3, -0.25) is 4.79 Å². The van der Waals surface area contributed by atoms with E-state index in [1.165, 1.54) is 0 Å². The van der Waals surface area contributed by atoms with Crippen molar-refractivity contribution < 1.29 is 19.6 Å². The van der Waals surface area contributed by atoms with Gasteiger partial charge in [0.05, 0.1) is 6.26 Å². The van der Waals surface area contributed by atoms with E-state index >= 15 is 0 Å². The monoisotopic (exact) mass is 330 g/mol. The van der Waals surface area contributed by atoms with Crippen LogP contribution >= 0.6 is 0 Å². The second-order valence-corrected chi connectivity index (χ2v) is 6.13. The van der Waals surface area contributed by atoms with E-state index in [-0.39, 0.29) is 17.7 Å². The lowest BCUT2D eigenvalue weighted by atomic mass is 10.2. The van der Waals surface area contributed by atoms with Crippen LogP contribution in [-0.2, 0) is 4.79 Å². The van der Waals surface area contributed by atoms with Crippen LogP contribution in [0.1, 0.15) is 18.7 Å². The van der Waals surface area contributed by atoms with Crippen molar-refractivity contribution in [3.63, 3.8) is 0 Å². The summed E-state index contributed by atoms with van der Waals surface area (Å²) in [6, 6.07) is 11.1. The van der Waals surface area contributed by atoms with Gasteiger partial charge in [0.15, 0.2) is 12.3 Å². The average Bonchev–Trinajstić information content (AvgIpc) is 3.15. The predicted molar refractivity (Wildman–Crippen MR) is 90.8 cm³/mol. The van der Waals surface area contributed by atoms with Crippen molar-refractivity contribution in [1.29, 1.82) is 0 Å². The summed E-state index contributed by atoms with van der Waals surface area (Å²) >= 11 is 0. The van der Waals surface area contributed by atoms with Gasteiger partial charge in [0.1, 0.15) is 11.8 Å². The number of anilines is 1. The number of nitrogens with two attached hydrogens (primary N) is 1. The summed E-state index contributed by atoms with van der Waals surface area (Å²) < 4.78 is 5.36. The smallest absolute Gasteiger partial charge is 0.277 e. The third-order valence-corrected chi connectivity index (χ3v) is 4.49. The molecule has 128 valence electrons. The molecule has 1 amide bonds. The number of hydrogen-bond donors (Lipinski definition) is 2. The molecular weight excluding hydrogens is 306 g/mol. The minimum atomic E-state index is 0.141. The van der Waals surface area contributed by atoms with Crippen LogP contribution in [0.15, 0.2) is 47.1 Å². The minimum Gasteiger partial charge on any atom is -0.508 e. The summed E-state index contributed by atoms with van der Waals surface area (Å²) in [6.07, 6.45) is 1.66. The van der Waals surface area contributed by atoms with Gasteiger partial charge in [0.25, 0.3) is 5.91 Å². The number of hydrogen-bond acceptors (Lipinski definition) is 4. The van der Waals surface area contributed by atoms with Crippen LogP contribution in [0.2, 0.25) is 0 Å². The molecule has 24 heavy (non-hydrogen) atoms. The molecule has 0 aliphatic carbocycles. The second-order valence-electron chi connectivity index (χ2n) is 6.13. The molecule has 1 aliphatic rings. The van der Waals surface area contributed by atoms with Crippen molar-refractivity contribution in [3.8, 4) is 5.75 Å². The minimum absolute atomic E-state index is 0.141. The predicted octanol–water partition coefficient (Wildman–Crippen LogP) is 0.958. The third-order valence-electron chi connectivity index (χ3n) is 4.49. The number of amides is 1. The van der Waals surface area contributed by atoms with Crippen molar-refractivity contribution in [3.05, 3.63) is 48.4 Å². The van der Waals surface area contributed by atoms with E-state index in [1.807, 2.05) is 41.4 Å². The molecule has 1 saturated heterocycles.